The zero-order valence-electron chi connectivity index (χ0n) is 20.0. The average molecular weight is 492 g/mol. The Labute approximate surface area is 203 Å². The van der Waals surface area contributed by atoms with Crippen LogP contribution in [-0.2, 0) is 11.0 Å². The van der Waals surface area contributed by atoms with E-state index in [2.05, 4.69) is 5.32 Å². The maximum Gasteiger partial charge on any atom is 0.417 e. The van der Waals surface area contributed by atoms with E-state index in [0.717, 1.165) is 38.4 Å². The standard InChI is InChI=1S/C25H32F3N5O2/c1-2-9-30-23(35)33-17-24(15-21(33)22(34)32-10-3-4-11-32)7-12-31(13-8-24)19-6-5-18(16-29)20(14-19)25(26,27)28/h5-6,14,21H,2-4,7-13,15,17H2,1H3,(H,30,35). The highest BCUT2D eigenvalue weighted by atomic mass is 19.4. The number of hydrogen-bond donors (Lipinski definition) is 1. The van der Waals surface area contributed by atoms with Crippen molar-refractivity contribution in [2.75, 3.05) is 44.2 Å². The van der Waals surface area contributed by atoms with Gasteiger partial charge in [-0.05, 0) is 62.1 Å². The topological polar surface area (TPSA) is 79.7 Å². The van der Waals surface area contributed by atoms with Crippen LogP contribution in [0, 0.1) is 16.7 Å². The fourth-order valence-electron chi connectivity index (χ4n) is 5.63. The first kappa shape index (κ1) is 25.1. The first-order valence-electron chi connectivity index (χ1n) is 12.4. The number of urea groups is 1. The summed E-state index contributed by atoms with van der Waals surface area (Å²) in [6.07, 6.45) is 0.0897. The van der Waals surface area contributed by atoms with Crippen molar-refractivity contribution in [1.29, 1.82) is 5.26 Å². The Hall–Kier alpha value is -2.96. The van der Waals surface area contributed by atoms with E-state index in [9.17, 15) is 22.8 Å². The molecule has 1 aromatic carbocycles. The van der Waals surface area contributed by atoms with Gasteiger partial charge >= 0.3 is 12.2 Å². The monoisotopic (exact) mass is 491 g/mol. The number of benzene rings is 1. The molecule has 0 aromatic heterocycles. The molecule has 1 atom stereocenters. The number of carbonyl (C=O) groups excluding carboxylic acids is 2. The highest BCUT2D eigenvalue weighted by Crippen LogP contribution is 2.45. The summed E-state index contributed by atoms with van der Waals surface area (Å²) in [6.45, 7) is 5.49. The van der Waals surface area contributed by atoms with E-state index in [1.165, 1.54) is 6.07 Å². The summed E-state index contributed by atoms with van der Waals surface area (Å²) < 4.78 is 40.3. The summed E-state index contributed by atoms with van der Waals surface area (Å²) in [6, 6.07) is 4.74. The van der Waals surface area contributed by atoms with Crippen molar-refractivity contribution < 1.29 is 22.8 Å². The molecule has 4 rings (SSSR count). The minimum absolute atomic E-state index is 0.00960. The molecule has 190 valence electrons. The molecule has 1 spiro atoms. The summed E-state index contributed by atoms with van der Waals surface area (Å²) in [7, 11) is 0. The lowest BCUT2D eigenvalue weighted by atomic mass is 9.76. The summed E-state index contributed by atoms with van der Waals surface area (Å²) in [5.74, 6) is 0.00960. The van der Waals surface area contributed by atoms with Crippen LogP contribution >= 0.6 is 0 Å². The van der Waals surface area contributed by atoms with E-state index in [-0.39, 0.29) is 22.9 Å². The molecule has 0 bridgehead atoms. The fraction of sp³-hybridized carbons (Fsp3) is 0.640. The van der Waals surface area contributed by atoms with Gasteiger partial charge in [0.05, 0.1) is 17.2 Å². The third-order valence-electron chi connectivity index (χ3n) is 7.62. The molecule has 3 heterocycles. The number of rotatable bonds is 4. The second kappa shape index (κ2) is 9.96. The van der Waals surface area contributed by atoms with Gasteiger partial charge in [-0.3, -0.25) is 4.79 Å². The number of nitrogens with one attached hydrogen (secondary N) is 1. The first-order valence-corrected chi connectivity index (χ1v) is 12.4. The van der Waals surface area contributed by atoms with Gasteiger partial charge in [-0.25, -0.2) is 4.79 Å². The number of halogens is 3. The van der Waals surface area contributed by atoms with E-state index >= 15 is 0 Å². The van der Waals surface area contributed by atoms with Crippen molar-refractivity contribution in [1.82, 2.24) is 15.1 Å². The smallest absolute Gasteiger partial charge is 0.371 e. The highest BCUT2D eigenvalue weighted by molar-refractivity contribution is 5.88. The largest absolute Gasteiger partial charge is 0.417 e. The Morgan fingerprint density at radius 3 is 2.46 bits per heavy atom. The van der Waals surface area contributed by atoms with Gasteiger partial charge in [-0.15, -0.1) is 0 Å². The second-order valence-corrected chi connectivity index (χ2v) is 9.94. The number of anilines is 1. The van der Waals surface area contributed by atoms with Gasteiger partial charge in [-0.1, -0.05) is 6.92 Å². The number of likely N-dealkylation sites (tertiary alicyclic amines) is 2. The van der Waals surface area contributed by atoms with Crippen LogP contribution in [0.1, 0.15) is 56.6 Å². The van der Waals surface area contributed by atoms with Gasteiger partial charge in [-0.2, -0.15) is 18.4 Å². The minimum atomic E-state index is -4.60. The molecule has 3 aliphatic heterocycles. The molecule has 0 saturated carbocycles. The van der Waals surface area contributed by atoms with Crippen molar-refractivity contribution in [2.45, 2.75) is 57.7 Å². The minimum Gasteiger partial charge on any atom is -0.371 e. The van der Waals surface area contributed by atoms with Gasteiger partial charge in [0.2, 0.25) is 5.91 Å². The van der Waals surface area contributed by atoms with Gasteiger partial charge in [0, 0.05) is 45.0 Å². The quantitative estimate of drug-likeness (QED) is 0.691. The van der Waals surface area contributed by atoms with Gasteiger partial charge < -0.3 is 20.0 Å². The van der Waals surface area contributed by atoms with Crippen LogP contribution in [0.3, 0.4) is 0 Å². The Bertz CT molecular complexity index is 992. The van der Waals surface area contributed by atoms with Crippen LogP contribution in [0.25, 0.3) is 0 Å². The molecule has 10 heteroatoms. The number of nitrogens with zero attached hydrogens (tertiary/aromatic N) is 4. The third kappa shape index (κ3) is 5.19. The third-order valence-corrected chi connectivity index (χ3v) is 7.62. The first-order chi connectivity index (χ1) is 16.7. The number of piperidine rings is 1. The Morgan fingerprint density at radius 2 is 1.86 bits per heavy atom. The summed E-state index contributed by atoms with van der Waals surface area (Å²) in [5, 5.41) is 12.0. The van der Waals surface area contributed by atoms with Crippen LogP contribution in [0.4, 0.5) is 23.7 Å². The van der Waals surface area contributed by atoms with E-state index in [1.807, 2.05) is 16.7 Å². The van der Waals surface area contributed by atoms with Crippen LogP contribution in [0.15, 0.2) is 18.2 Å². The number of amides is 3. The molecule has 3 fully saturated rings. The molecule has 3 aliphatic rings. The van der Waals surface area contributed by atoms with E-state index < -0.39 is 17.8 Å². The average Bonchev–Trinajstić information content (AvgIpc) is 3.51. The molecule has 35 heavy (non-hydrogen) atoms. The SMILES string of the molecule is CCCNC(=O)N1CC2(CCN(c3ccc(C#N)c(C(F)(F)F)c3)CC2)CC1C(=O)N1CCCC1. The lowest BCUT2D eigenvalue weighted by molar-refractivity contribution is -0.137. The number of hydrogen-bond acceptors (Lipinski definition) is 4. The Kier molecular flexibility index (Phi) is 7.15. The lowest BCUT2D eigenvalue weighted by Gasteiger charge is -2.40. The van der Waals surface area contributed by atoms with Crippen molar-refractivity contribution in [3.05, 3.63) is 29.3 Å². The molecule has 1 unspecified atom stereocenters. The van der Waals surface area contributed by atoms with Crippen LogP contribution in [0.5, 0.6) is 0 Å². The van der Waals surface area contributed by atoms with Gasteiger partial charge in [0.1, 0.15) is 6.04 Å². The molecule has 3 saturated heterocycles. The Balaban J connectivity index is 1.50. The fourth-order valence-corrected chi connectivity index (χ4v) is 5.63. The summed E-state index contributed by atoms with van der Waals surface area (Å²) in [4.78, 5) is 31.7. The van der Waals surface area contributed by atoms with Crippen molar-refractivity contribution >= 4 is 17.6 Å². The number of carbonyl (C=O) groups is 2. The maximum absolute atomic E-state index is 13.4. The Morgan fingerprint density at radius 1 is 1.17 bits per heavy atom. The molecule has 0 radical (unpaired) electrons. The molecule has 7 nitrogen and oxygen atoms in total. The van der Waals surface area contributed by atoms with E-state index in [0.29, 0.717) is 51.1 Å². The molecule has 1 N–H and O–H groups in total. The summed E-state index contributed by atoms with van der Waals surface area (Å²) >= 11 is 0. The van der Waals surface area contributed by atoms with Crippen molar-refractivity contribution in [2.24, 2.45) is 5.41 Å². The molecule has 3 amide bonds. The molecular weight excluding hydrogens is 459 g/mol. The normalized spacial score (nSPS) is 21.9. The van der Waals surface area contributed by atoms with E-state index in [1.54, 1.807) is 17.0 Å². The van der Waals surface area contributed by atoms with Crippen molar-refractivity contribution in [3.63, 3.8) is 0 Å². The number of nitriles is 1. The zero-order chi connectivity index (χ0) is 25.2. The molecule has 1 aromatic rings. The van der Waals surface area contributed by atoms with Gasteiger partial charge in [0.15, 0.2) is 0 Å². The predicted molar refractivity (Wildman–Crippen MR) is 125 cm³/mol. The molecule has 0 aliphatic carbocycles. The summed E-state index contributed by atoms with van der Waals surface area (Å²) in [5.41, 5.74) is -1.11. The van der Waals surface area contributed by atoms with Crippen molar-refractivity contribution in [3.8, 4) is 6.07 Å². The second-order valence-electron chi connectivity index (χ2n) is 9.94. The molecular formula is C25H32F3N5O2. The van der Waals surface area contributed by atoms with Crippen LogP contribution < -0.4 is 10.2 Å². The maximum atomic E-state index is 13.4. The highest BCUT2D eigenvalue weighted by Gasteiger charge is 2.50. The van der Waals surface area contributed by atoms with Crippen LogP contribution in [0.2, 0.25) is 0 Å². The number of alkyl halides is 3. The predicted octanol–water partition coefficient (Wildman–Crippen LogP) is 3.98. The lowest BCUT2D eigenvalue weighted by Crippen LogP contribution is -2.50. The van der Waals surface area contributed by atoms with E-state index in [4.69, 9.17) is 5.26 Å². The zero-order valence-corrected chi connectivity index (χ0v) is 20.0. The van der Waals surface area contributed by atoms with Crippen LogP contribution in [-0.4, -0.2) is 67.0 Å². The van der Waals surface area contributed by atoms with Gasteiger partial charge in [0.25, 0.3) is 0 Å².